The number of nitrogens with zero attached hydrogens (tertiary/aromatic N) is 3. The Morgan fingerprint density at radius 1 is 1.37 bits per heavy atom. The zero-order valence-electron chi connectivity index (χ0n) is 15.7. The number of benzene rings is 1. The number of carbonyl (C=O) groups excluding carboxylic acids is 1. The van der Waals surface area contributed by atoms with Crippen molar-refractivity contribution in [2.75, 3.05) is 32.8 Å². The van der Waals surface area contributed by atoms with Gasteiger partial charge in [0.2, 0.25) is 0 Å². The van der Waals surface area contributed by atoms with Crippen molar-refractivity contribution in [3.63, 3.8) is 0 Å². The number of ether oxygens (including phenoxy) is 2. The van der Waals surface area contributed by atoms with E-state index >= 15 is 0 Å². The van der Waals surface area contributed by atoms with Crippen LogP contribution < -0.4 is 0 Å². The van der Waals surface area contributed by atoms with E-state index in [1.54, 1.807) is 17.0 Å². The van der Waals surface area contributed by atoms with E-state index in [0.717, 1.165) is 0 Å². The van der Waals surface area contributed by atoms with E-state index in [0.29, 0.717) is 38.3 Å². The van der Waals surface area contributed by atoms with Crippen LogP contribution in [0.3, 0.4) is 0 Å². The Kier molecular flexibility index (Phi) is 5.61. The van der Waals surface area contributed by atoms with Crippen LogP contribution in [-0.2, 0) is 9.47 Å². The number of hydrogen-bond donors (Lipinski definition) is 0. The molecule has 2 saturated heterocycles. The third-order valence-corrected chi connectivity index (χ3v) is 5.13. The number of piperazine rings is 1. The Hall–Kier alpha value is -1.88. The molecule has 0 aliphatic carbocycles. The van der Waals surface area contributed by atoms with Crippen molar-refractivity contribution in [3.05, 3.63) is 34.1 Å². The first kappa shape index (κ1) is 19.9. The first-order chi connectivity index (χ1) is 12.7. The molecule has 0 N–H and O–H groups in total. The smallest absolute Gasteiger partial charge is 0.410 e. The Labute approximate surface area is 163 Å². The normalized spacial score (nSPS) is 23.5. The first-order valence-corrected chi connectivity index (χ1v) is 9.29. The molecule has 1 aromatic rings. The maximum atomic E-state index is 13.7. The van der Waals surface area contributed by atoms with Crippen molar-refractivity contribution in [2.45, 2.75) is 38.5 Å². The predicted octanol–water partition coefficient (Wildman–Crippen LogP) is 3.34. The molecule has 0 spiro atoms. The summed E-state index contributed by atoms with van der Waals surface area (Å²) < 4.78 is 25.1. The predicted molar refractivity (Wildman–Crippen MR) is 98.0 cm³/mol. The number of fused-ring (bicyclic) bond motifs is 1. The van der Waals surface area contributed by atoms with Crippen LogP contribution in [0.15, 0.2) is 12.1 Å². The molecule has 2 aliphatic heterocycles. The van der Waals surface area contributed by atoms with Gasteiger partial charge in [-0.05, 0) is 26.8 Å². The molecule has 27 heavy (non-hydrogen) atoms. The molecule has 0 unspecified atom stereocenters. The summed E-state index contributed by atoms with van der Waals surface area (Å²) in [6.07, 6.45) is -0.654. The Bertz CT molecular complexity index is 775. The highest BCUT2D eigenvalue weighted by Crippen LogP contribution is 2.34. The molecule has 3 rings (SSSR count). The quantitative estimate of drug-likeness (QED) is 0.729. The van der Waals surface area contributed by atoms with E-state index in [1.165, 1.54) is 6.07 Å². The van der Waals surface area contributed by atoms with Crippen LogP contribution in [0, 0.1) is 17.1 Å². The standard InChI is InChI=1S/C19H23ClFN3O3/c1-19(2,3)27-18(25)24-7-6-23-10-16(26-11-12(23)9-24)13-4-5-15(21)14(8-22)17(13)20/h4-5,12,16H,6-7,9-11H2,1-3H3/t12-,16-/m1/s1. The monoisotopic (exact) mass is 395 g/mol. The van der Waals surface area contributed by atoms with Gasteiger partial charge in [0.15, 0.2) is 0 Å². The lowest BCUT2D eigenvalue weighted by molar-refractivity contribution is -0.0906. The van der Waals surface area contributed by atoms with Gasteiger partial charge in [-0.15, -0.1) is 0 Å². The van der Waals surface area contributed by atoms with Crippen LogP contribution in [0.25, 0.3) is 0 Å². The highest BCUT2D eigenvalue weighted by Gasteiger charge is 2.37. The van der Waals surface area contributed by atoms with Gasteiger partial charge in [-0.1, -0.05) is 17.7 Å². The summed E-state index contributed by atoms with van der Waals surface area (Å²) in [4.78, 5) is 16.2. The van der Waals surface area contributed by atoms with Gasteiger partial charge in [-0.3, -0.25) is 4.90 Å². The molecule has 0 radical (unpaired) electrons. The second-order valence-electron chi connectivity index (χ2n) is 7.83. The summed E-state index contributed by atoms with van der Waals surface area (Å²) in [6, 6.07) is 4.68. The fourth-order valence-corrected chi connectivity index (χ4v) is 3.70. The maximum Gasteiger partial charge on any atom is 0.410 e. The largest absolute Gasteiger partial charge is 0.444 e. The molecule has 1 amide bonds. The fraction of sp³-hybridized carbons (Fsp3) is 0.579. The molecular formula is C19H23ClFN3O3. The van der Waals surface area contributed by atoms with Crippen LogP contribution in [0.5, 0.6) is 0 Å². The van der Waals surface area contributed by atoms with Gasteiger partial charge >= 0.3 is 6.09 Å². The molecule has 2 atom stereocenters. The molecule has 2 aliphatic rings. The number of carbonyl (C=O) groups is 1. The average Bonchev–Trinajstić information content (AvgIpc) is 2.60. The van der Waals surface area contributed by atoms with Crippen LogP contribution >= 0.6 is 11.6 Å². The van der Waals surface area contributed by atoms with E-state index in [4.69, 9.17) is 26.3 Å². The van der Waals surface area contributed by atoms with E-state index in [9.17, 15) is 9.18 Å². The highest BCUT2D eigenvalue weighted by molar-refractivity contribution is 6.32. The topological polar surface area (TPSA) is 65.8 Å². The SMILES string of the molecule is CC(C)(C)OC(=O)N1CCN2C[C@H](c3ccc(F)c(C#N)c3Cl)OC[C@H]2C1. The second-order valence-corrected chi connectivity index (χ2v) is 8.21. The van der Waals surface area contributed by atoms with Crippen molar-refractivity contribution < 1.29 is 18.7 Å². The zero-order valence-corrected chi connectivity index (χ0v) is 16.4. The number of halogens is 2. The summed E-state index contributed by atoms with van der Waals surface area (Å²) in [6.45, 7) is 8.31. The molecule has 146 valence electrons. The summed E-state index contributed by atoms with van der Waals surface area (Å²) in [5, 5.41) is 9.20. The molecule has 8 heteroatoms. The van der Waals surface area contributed by atoms with Crippen molar-refractivity contribution >= 4 is 17.7 Å². The molecule has 0 saturated carbocycles. The van der Waals surface area contributed by atoms with Crippen molar-refractivity contribution in [1.29, 1.82) is 5.26 Å². The summed E-state index contributed by atoms with van der Waals surface area (Å²) >= 11 is 6.22. The Morgan fingerprint density at radius 3 is 2.78 bits per heavy atom. The third-order valence-electron chi connectivity index (χ3n) is 4.73. The minimum atomic E-state index is -0.633. The van der Waals surface area contributed by atoms with E-state index in [2.05, 4.69) is 4.90 Å². The van der Waals surface area contributed by atoms with Gasteiger partial charge in [-0.2, -0.15) is 5.26 Å². The van der Waals surface area contributed by atoms with Gasteiger partial charge in [0.05, 0.1) is 23.8 Å². The molecule has 0 aromatic heterocycles. The molecule has 2 heterocycles. The third kappa shape index (κ3) is 4.34. The van der Waals surface area contributed by atoms with E-state index < -0.39 is 11.4 Å². The Balaban J connectivity index is 1.67. The molecule has 6 nitrogen and oxygen atoms in total. The van der Waals surface area contributed by atoms with Gasteiger partial charge in [0.25, 0.3) is 0 Å². The molecular weight excluding hydrogens is 373 g/mol. The van der Waals surface area contributed by atoms with Gasteiger partial charge in [0.1, 0.15) is 23.1 Å². The summed E-state index contributed by atoms with van der Waals surface area (Å²) in [5.41, 5.74) is -0.0718. The summed E-state index contributed by atoms with van der Waals surface area (Å²) in [7, 11) is 0. The van der Waals surface area contributed by atoms with E-state index in [-0.39, 0.29) is 28.8 Å². The summed E-state index contributed by atoms with van der Waals surface area (Å²) in [5.74, 6) is -0.633. The van der Waals surface area contributed by atoms with Crippen LogP contribution in [-0.4, -0.2) is 60.3 Å². The van der Waals surface area contributed by atoms with Crippen LogP contribution in [0.4, 0.5) is 9.18 Å². The van der Waals surface area contributed by atoms with Crippen LogP contribution in [0.1, 0.15) is 38.0 Å². The highest BCUT2D eigenvalue weighted by atomic mass is 35.5. The minimum absolute atomic E-state index is 0.0668. The zero-order chi connectivity index (χ0) is 19.8. The lowest BCUT2D eigenvalue weighted by Crippen LogP contribution is -2.60. The second kappa shape index (κ2) is 7.63. The van der Waals surface area contributed by atoms with Crippen molar-refractivity contribution in [3.8, 4) is 6.07 Å². The van der Waals surface area contributed by atoms with E-state index in [1.807, 2.05) is 20.8 Å². The fourth-order valence-electron chi connectivity index (χ4n) is 3.38. The molecule has 0 bridgehead atoms. The van der Waals surface area contributed by atoms with Crippen molar-refractivity contribution in [1.82, 2.24) is 9.80 Å². The van der Waals surface area contributed by atoms with Gasteiger partial charge < -0.3 is 14.4 Å². The van der Waals surface area contributed by atoms with Gasteiger partial charge in [0, 0.05) is 31.7 Å². The first-order valence-electron chi connectivity index (χ1n) is 8.91. The number of amides is 1. The molecule has 1 aromatic carbocycles. The number of rotatable bonds is 1. The van der Waals surface area contributed by atoms with Crippen LogP contribution in [0.2, 0.25) is 5.02 Å². The minimum Gasteiger partial charge on any atom is -0.444 e. The lowest BCUT2D eigenvalue weighted by Gasteiger charge is -2.46. The van der Waals surface area contributed by atoms with Gasteiger partial charge in [-0.25, -0.2) is 9.18 Å². The molecule has 2 fully saturated rings. The average molecular weight is 396 g/mol. The van der Waals surface area contributed by atoms with Crippen molar-refractivity contribution in [2.24, 2.45) is 0 Å². The Morgan fingerprint density at radius 2 is 2.11 bits per heavy atom. The lowest BCUT2D eigenvalue weighted by atomic mass is 10.0. The number of morpholine rings is 1. The number of hydrogen-bond acceptors (Lipinski definition) is 5. The number of nitriles is 1. The maximum absolute atomic E-state index is 13.7.